The molecule has 27 heavy (non-hydrogen) atoms. The summed E-state index contributed by atoms with van der Waals surface area (Å²) in [5.74, 6) is -0.0449. The summed E-state index contributed by atoms with van der Waals surface area (Å²) in [4.78, 5) is 11.6. The number of rotatable bonds is 7. The minimum atomic E-state index is -3.66. The Morgan fingerprint density at radius 2 is 1.85 bits per heavy atom. The number of carbonyl (C=O) groups excluding carboxylic acids is 1. The van der Waals surface area contributed by atoms with Gasteiger partial charge in [-0.05, 0) is 55.2 Å². The smallest absolute Gasteiger partial charge is 0.240 e. The van der Waals surface area contributed by atoms with Crippen LogP contribution in [0.1, 0.15) is 37.0 Å². The highest BCUT2D eigenvalue weighted by Gasteiger charge is 2.20. The Morgan fingerprint density at radius 3 is 2.59 bits per heavy atom. The fourth-order valence-corrected chi connectivity index (χ4v) is 3.97. The topological polar surface area (TPSA) is 84.5 Å². The van der Waals surface area contributed by atoms with Gasteiger partial charge in [0.25, 0.3) is 0 Å². The Bertz CT molecular complexity index is 939. The second-order valence-corrected chi connectivity index (χ2v) is 8.59. The van der Waals surface area contributed by atoms with Gasteiger partial charge in [-0.2, -0.15) is 0 Å². The summed E-state index contributed by atoms with van der Waals surface area (Å²) in [7, 11) is -3.66. The first-order chi connectivity index (χ1) is 12.8. The highest BCUT2D eigenvalue weighted by molar-refractivity contribution is 7.89. The molecule has 0 spiro atoms. The molecule has 0 aliphatic carbocycles. The quantitative estimate of drug-likeness (QED) is 0.764. The fraction of sp³-hybridized carbons (Fsp3) is 0.350. The van der Waals surface area contributed by atoms with Gasteiger partial charge < -0.3 is 10.1 Å². The van der Waals surface area contributed by atoms with Crippen molar-refractivity contribution < 1.29 is 17.9 Å². The maximum absolute atomic E-state index is 12.7. The minimum absolute atomic E-state index is 0.0449. The van der Waals surface area contributed by atoms with Gasteiger partial charge in [0.1, 0.15) is 0 Å². The molecular formula is C20H24N2O4S. The fourth-order valence-electron chi connectivity index (χ4n) is 2.91. The van der Waals surface area contributed by atoms with E-state index in [0.717, 1.165) is 16.7 Å². The van der Waals surface area contributed by atoms with Gasteiger partial charge in [-0.3, -0.25) is 4.79 Å². The number of sulfonamides is 1. The molecule has 1 aliphatic rings. The third-order valence-corrected chi connectivity index (χ3v) is 5.82. The Kier molecular flexibility index (Phi) is 5.94. The van der Waals surface area contributed by atoms with Crippen LogP contribution in [0.15, 0.2) is 47.4 Å². The summed E-state index contributed by atoms with van der Waals surface area (Å²) in [5, 5.41) is 2.76. The molecule has 0 radical (unpaired) electrons. The largest absolute Gasteiger partial charge is 0.374 e. The zero-order valence-corrected chi connectivity index (χ0v) is 16.3. The van der Waals surface area contributed by atoms with E-state index in [-0.39, 0.29) is 23.5 Å². The molecule has 0 saturated carbocycles. The normalized spacial score (nSPS) is 14.1. The Balaban J connectivity index is 1.74. The van der Waals surface area contributed by atoms with Crippen LogP contribution in [0.3, 0.4) is 0 Å². The van der Waals surface area contributed by atoms with Gasteiger partial charge in [-0.25, -0.2) is 13.1 Å². The van der Waals surface area contributed by atoms with Gasteiger partial charge in [0.2, 0.25) is 15.9 Å². The summed E-state index contributed by atoms with van der Waals surface area (Å²) < 4.78 is 33.7. The number of carbonyl (C=O) groups is 1. The van der Waals surface area contributed by atoms with Crippen LogP contribution in [0.5, 0.6) is 0 Å². The second-order valence-electron chi connectivity index (χ2n) is 6.82. The zero-order valence-electron chi connectivity index (χ0n) is 15.5. The molecule has 0 bridgehead atoms. The minimum Gasteiger partial charge on any atom is -0.374 e. The van der Waals surface area contributed by atoms with E-state index in [0.29, 0.717) is 25.1 Å². The van der Waals surface area contributed by atoms with Crippen molar-refractivity contribution in [2.75, 3.05) is 5.32 Å². The van der Waals surface area contributed by atoms with Crippen LogP contribution in [-0.4, -0.2) is 20.4 Å². The molecule has 0 unspecified atom stereocenters. The highest BCUT2D eigenvalue weighted by Crippen LogP contribution is 2.25. The van der Waals surface area contributed by atoms with E-state index in [4.69, 9.17) is 4.74 Å². The molecule has 0 aromatic heterocycles. The molecule has 0 fully saturated rings. The number of aryl methyl sites for hydroxylation is 1. The predicted molar refractivity (Wildman–Crippen MR) is 104 cm³/mol. The van der Waals surface area contributed by atoms with Crippen molar-refractivity contribution in [2.24, 2.45) is 0 Å². The molecule has 6 nitrogen and oxygen atoms in total. The van der Waals surface area contributed by atoms with Gasteiger partial charge in [0.15, 0.2) is 0 Å². The van der Waals surface area contributed by atoms with E-state index in [2.05, 4.69) is 10.0 Å². The third kappa shape index (κ3) is 4.94. The summed E-state index contributed by atoms with van der Waals surface area (Å²) in [6, 6.07) is 12.4. The first-order valence-electron chi connectivity index (χ1n) is 8.96. The Hall–Kier alpha value is -2.22. The number of anilines is 1. The van der Waals surface area contributed by atoms with E-state index in [1.54, 1.807) is 12.1 Å². The number of hydrogen-bond acceptors (Lipinski definition) is 4. The zero-order chi connectivity index (χ0) is 19.4. The lowest BCUT2D eigenvalue weighted by atomic mass is 10.0. The lowest BCUT2D eigenvalue weighted by molar-refractivity contribution is -0.116. The molecule has 7 heteroatoms. The third-order valence-electron chi connectivity index (χ3n) is 4.43. The molecule has 1 amide bonds. The molecular weight excluding hydrogens is 364 g/mol. The van der Waals surface area contributed by atoms with Crippen molar-refractivity contribution in [2.45, 2.75) is 50.8 Å². The standard InChI is InChI=1S/C20H24N2O4S/c1-14(2)26-13-17-6-4-3-5-16(17)12-21-27(24,25)18-8-9-19-15(11-18)7-10-20(23)22-19/h3-6,8-9,11,14,21H,7,10,12-13H2,1-2H3,(H,22,23). The number of nitrogens with one attached hydrogen (secondary N) is 2. The molecule has 2 aromatic rings. The monoisotopic (exact) mass is 388 g/mol. The van der Waals surface area contributed by atoms with Crippen LogP contribution < -0.4 is 10.0 Å². The van der Waals surface area contributed by atoms with Crippen molar-refractivity contribution in [3.05, 3.63) is 59.2 Å². The SMILES string of the molecule is CC(C)OCc1ccccc1CNS(=O)(=O)c1ccc2c(c1)CCC(=O)N2. The number of amides is 1. The van der Waals surface area contributed by atoms with Crippen LogP contribution in [0.25, 0.3) is 0 Å². The second kappa shape index (κ2) is 8.21. The summed E-state index contributed by atoms with van der Waals surface area (Å²) >= 11 is 0. The van der Waals surface area contributed by atoms with Crippen LogP contribution in [0, 0.1) is 0 Å². The average Bonchev–Trinajstić information content (AvgIpc) is 2.64. The van der Waals surface area contributed by atoms with Gasteiger partial charge in [-0.1, -0.05) is 24.3 Å². The molecule has 144 valence electrons. The molecule has 1 aliphatic heterocycles. The van der Waals surface area contributed by atoms with Crippen LogP contribution >= 0.6 is 0 Å². The van der Waals surface area contributed by atoms with Gasteiger partial charge in [-0.15, -0.1) is 0 Å². The maximum atomic E-state index is 12.7. The number of ether oxygens (including phenoxy) is 1. The highest BCUT2D eigenvalue weighted by atomic mass is 32.2. The molecule has 0 saturated heterocycles. The van der Waals surface area contributed by atoms with Gasteiger partial charge >= 0.3 is 0 Å². The average molecular weight is 388 g/mol. The van der Waals surface area contributed by atoms with Gasteiger partial charge in [0.05, 0.1) is 17.6 Å². The molecule has 2 N–H and O–H groups in total. The summed E-state index contributed by atoms with van der Waals surface area (Å²) in [6.45, 7) is 4.55. The van der Waals surface area contributed by atoms with E-state index in [9.17, 15) is 13.2 Å². The Morgan fingerprint density at radius 1 is 1.11 bits per heavy atom. The van der Waals surface area contributed by atoms with E-state index in [1.807, 2.05) is 38.1 Å². The van der Waals surface area contributed by atoms with Gasteiger partial charge in [0, 0.05) is 18.7 Å². The predicted octanol–water partition coefficient (Wildman–Crippen LogP) is 2.97. The van der Waals surface area contributed by atoms with Crippen molar-refractivity contribution in [3.63, 3.8) is 0 Å². The first kappa shape index (κ1) is 19.5. The van der Waals surface area contributed by atoms with E-state index >= 15 is 0 Å². The first-order valence-corrected chi connectivity index (χ1v) is 10.4. The molecule has 1 heterocycles. The number of benzene rings is 2. The molecule has 2 aromatic carbocycles. The van der Waals surface area contributed by atoms with Crippen LogP contribution in [-0.2, 0) is 39.1 Å². The summed E-state index contributed by atoms with van der Waals surface area (Å²) in [6.07, 6.45) is 1.01. The van der Waals surface area contributed by atoms with Crippen molar-refractivity contribution in [1.29, 1.82) is 0 Å². The number of fused-ring (bicyclic) bond motifs is 1. The van der Waals surface area contributed by atoms with Crippen LogP contribution in [0.4, 0.5) is 5.69 Å². The molecule has 3 rings (SSSR count). The van der Waals surface area contributed by atoms with Crippen molar-refractivity contribution in [1.82, 2.24) is 4.72 Å². The number of hydrogen-bond donors (Lipinski definition) is 2. The van der Waals surface area contributed by atoms with Crippen molar-refractivity contribution >= 4 is 21.6 Å². The maximum Gasteiger partial charge on any atom is 0.240 e. The van der Waals surface area contributed by atoms with E-state index < -0.39 is 10.0 Å². The van der Waals surface area contributed by atoms with E-state index in [1.165, 1.54) is 6.07 Å². The van der Waals surface area contributed by atoms with Crippen molar-refractivity contribution in [3.8, 4) is 0 Å². The lowest BCUT2D eigenvalue weighted by Gasteiger charge is -2.18. The van der Waals surface area contributed by atoms with Crippen LogP contribution in [0.2, 0.25) is 0 Å². The Labute approximate surface area is 160 Å². The summed E-state index contributed by atoms with van der Waals surface area (Å²) in [5.41, 5.74) is 3.36. The molecule has 0 atom stereocenters. The lowest BCUT2D eigenvalue weighted by Crippen LogP contribution is -2.25.